The third kappa shape index (κ3) is 2.72. The van der Waals surface area contributed by atoms with E-state index in [0.29, 0.717) is 13.0 Å². The number of benzene rings is 2. The Morgan fingerprint density at radius 1 is 1.14 bits per heavy atom. The van der Waals surface area contributed by atoms with E-state index < -0.39 is 5.82 Å². The van der Waals surface area contributed by atoms with E-state index >= 15 is 0 Å². The Balaban J connectivity index is 1.72. The van der Waals surface area contributed by atoms with Crippen LogP contribution in [0, 0.1) is 11.6 Å². The average Bonchev–Trinajstić information content (AvgIpc) is 3.07. The van der Waals surface area contributed by atoms with Crippen LogP contribution < -0.4 is 10.1 Å². The molecule has 0 spiro atoms. The maximum Gasteiger partial charge on any atom is 0.165 e. The Bertz CT molecular complexity index is 1220. The number of rotatable bonds is 3. The number of halogens is 2. The van der Waals surface area contributed by atoms with Gasteiger partial charge in [-0.3, -0.25) is 4.98 Å². The molecule has 3 heterocycles. The maximum atomic E-state index is 14.1. The maximum absolute atomic E-state index is 14.1. The van der Waals surface area contributed by atoms with Crippen molar-refractivity contribution in [2.45, 2.75) is 19.4 Å². The van der Waals surface area contributed by atoms with Crippen molar-refractivity contribution < 1.29 is 13.5 Å². The van der Waals surface area contributed by atoms with Crippen molar-refractivity contribution >= 4 is 21.8 Å². The highest BCUT2D eigenvalue weighted by atomic mass is 19.1. The number of aromatic amines is 1. The smallest absolute Gasteiger partial charge is 0.165 e. The van der Waals surface area contributed by atoms with Crippen LogP contribution in [0.5, 0.6) is 5.75 Å². The lowest BCUT2D eigenvalue weighted by Crippen LogP contribution is -2.25. The molecule has 1 aliphatic rings. The number of pyridine rings is 1. The van der Waals surface area contributed by atoms with Gasteiger partial charge < -0.3 is 15.0 Å². The van der Waals surface area contributed by atoms with Crippen molar-refractivity contribution in [3.05, 3.63) is 70.5 Å². The molecule has 4 aromatic rings. The molecule has 1 aliphatic heterocycles. The molecule has 2 aromatic carbocycles. The zero-order valence-electron chi connectivity index (χ0n) is 15.4. The summed E-state index contributed by atoms with van der Waals surface area (Å²) in [5.41, 5.74) is 5.56. The summed E-state index contributed by atoms with van der Waals surface area (Å²) < 4.78 is 33.1. The van der Waals surface area contributed by atoms with Crippen LogP contribution in [0.25, 0.3) is 21.8 Å². The first-order valence-electron chi connectivity index (χ1n) is 9.28. The van der Waals surface area contributed by atoms with E-state index in [2.05, 4.69) is 10.3 Å². The largest absolute Gasteiger partial charge is 0.494 e. The second kappa shape index (κ2) is 6.56. The number of H-pyrrole nitrogens is 1. The Hall–Kier alpha value is -2.99. The molecule has 28 heavy (non-hydrogen) atoms. The van der Waals surface area contributed by atoms with Crippen LogP contribution in [0.15, 0.2) is 36.4 Å². The Labute approximate surface area is 160 Å². The molecule has 0 amide bonds. The number of nitrogens with one attached hydrogen (secondary N) is 2. The van der Waals surface area contributed by atoms with Crippen LogP contribution in [-0.2, 0) is 19.4 Å². The molecule has 5 rings (SSSR count). The minimum absolute atomic E-state index is 0.220. The van der Waals surface area contributed by atoms with Gasteiger partial charge in [-0.15, -0.1) is 0 Å². The lowest BCUT2D eigenvalue weighted by Gasteiger charge is -2.19. The molecule has 2 N–H and O–H groups in total. The number of aromatic nitrogens is 2. The summed E-state index contributed by atoms with van der Waals surface area (Å²) in [4.78, 5) is 8.30. The first-order chi connectivity index (χ1) is 13.6. The summed E-state index contributed by atoms with van der Waals surface area (Å²) in [6.45, 7) is 1.55. The van der Waals surface area contributed by atoms with Crippen molar-refractivity contribution in [2.24, 2.45) is 0 Å². The number of hydrogen-bond acceptors (Lipinski definition) is 3. The van der Waals surface area contributed by atoms with Crippen LogP contribution in [0.1, 0.15) is 22.5 Å². The molecular weight excluding hydrogens is 360 g/mol. The molecule has 0 saturated heterocycles. The molecular formula is C22H19F2N3O. The topological polar surface area (TPSA) is 49.9 Å². The van der Waals surface area contributed by atoms with E-state index in [0.717, 1.165) is 57.3 Å². The normalized spacial score (nSPS) is 13.8. The van der Waals surface area contributed by atoms with E-state index in [9.17, 15) is 8.78 Å². The summed E-state index contributed by atoms with van der Waals surface area (Å²) in [7, 11) is 1.45. The Morgan fingerprint density at radius 2 is 2.04 bits per heavy atom. The third-order valence-corrected chi connectivity index (χ3v) is 5.40. The van der Waals surface area contributed by atoms with Crippen LogP contribution in [0.4, 0.5) is 8.78 Å². The van der Waals surface area contributed by atoms with Gasteiger partial charge in [0.1, 0.15) is 5.82 Å². The fraction of sp³-hybridized carbons (Fsp3) is 0.227. The van der Waals surface area contributed by atoms with E-state index in [-0.39, 0.29) is 11.6 Å². The molecule has 0 radical (unpaired) electrons. The fourth-order valence-electron chi connectivity index (χ4n) is 4.10. The van der Waals surface area contributed by atoms with E-state index in [1.807, 2.05) is 6.07 Å². The van der Waals surface area contributed by atoms with E-state index in [4.69, 9.17) is 9.72 Å². The van der Waals surface area contributed by atoms with Crippen LogP contribution in [0.2, 0.25) is 0 Å². The van der Waals surface area contributed by atoms with Gasteiger partial charge in [0.25, 0.3) is 0 Å². The molecule has 0 aliphatic carbocycles. The van der Waals surface area contributed by atoms with Gasteiger partial charge in [0.2, 0.25) is 0 Å². The monoisotopic (exact) mass is 379 g/mol. The highest BCUT2D eigenvalue weighted by Gasteiger charge is 2.21. The summed E-state index contributed by atoms with van der Waals surface area (Å²) in [6.07, 6.45) is 1.32. The molecule has 0 unspecified atom stereocenters. The predicted octanol–water partition coefficient (Wildman–Crippen LogP) is 4.24. The van der Waals surface area contributed by atoms with Crippen LogP contribution in [-0.4, -0.2) is 23.6 Å². The van der Waals surface area contributed by atoms with Crippen molar-refractivity contribution in [2.75, 3.05) is 13.7 Å². The van der Waals surface area contributed by atoms with Crippen molar-refractivity contribution in [3.8, 4) is 5.75 Å². The third-order valence-electron chi connectivity index (χ3n) is 5.40. The standard InChI is InChI=1S/C22H19F2N3O/c1-28-20-5-2-12(8-16(20)24)9-18-22-21(14-6-7-25-11-19(14)26-18)15-10-13(23)3-4-17(15)27-22/h2-5,8,10,25,27H,6-7,9,11H2,1H3. The summed E-state index contributed by atoms with van der Waals surface area (Å²) in [5.74, 6) is -0.432. The molecule has 0 fully saturated rings. The number of nitrogens with zero attached hydrogens (tertiary/aromatic N) is 1. The predicted molar refractivity (Wildman–Crippen MR) is 105 cm³/mol. The zero-order valence-corrected chi connectivity index (χ0v) is 15.4. The first-order valence-corrected chi connectivity index (χ1v) is 9.28. The van der Waals surface area contributed by atoms with Gasteiger partial charge in [0.05, 0.1) is 24.0 Å². The minimum Gasteiger partial charge on any atom is -0.494 e. The number of methoxy groups -OCH3 is 1. The lowest BCUT2D eigenvalue weighted by atomic mass is 9.97. The summed E-state index contributed by atoms with van der Waals surface area (Å²) in [6, 6.07) is 9.74. The molecule has 6 heteroatoms. The molecule has 0 atom stereocenters. The first kappa shape index (κ1) is 17.1. The van der Waals surface area contributed by atoms with Gasteiger partial charge >= 0.3 is 0 Å². The number of hydrogen-bond donors (Lipinski definition) is 2. The SMILES string of the molecule is COc1ccc(Cc2nc3c(c4c2[nH]c2ccc(F)cc24)CCNC3)cc1F. The highest BCUT2D eigenvalue weighted by molar-refractivity contribution is 6.10. The molecule has 142 valence electrons. The summed E-state index contributed by atoms with van der Waals surface area (Å²) >= 11 is 0. The van der Waals surface area contributed by atoms with Gasteiger partial charge in [-0.1, -0.05) is 6.07 Å². The van der Waals surface area contributed by atoms with E-state index in [1.54, 1.807) is 18.2 Å². The quantitative estimate of drug-likeness (QED) is 0.560. The highest BCUT2D eigenvalue weighted by Crippen LogP contribution is 2.34. The summed E-state index contributed by atoms with van der Waals surface area (Å²) in [5, 5.41) is 5.25. The van der Waals surface area contributed by atoms with Gasteiger partial charge in [-0.05, 0) is 54.4 Å². The number of fused-ring (bicyclic) bond motifs is 5. The Kier molecular flexibility index (Phi) is 4.02. The van der Waals surface area contributed by atoms with E-state index in [1.165, 1.54) is 19.2 Å². The van der Waals surface area contributed by atoms with Gasteiger partial charge in [0, 0.05) is 29.3 Å². The van der Waals surface area contributed by atoms with Crippen molar-refractivity contribution in [1.82, 2.24) is 15.3 Å². The second-order valence-electron chi connectivity index (χ2n) is 7.12. The molecule has 2 aromatic heterocycles. The molecule has 0 bridgehead atoms. The average molecular weight is 379 g/mol. The van der Waals surface area contributed by atoms with Gasteiger partial charge in [-0.25, -0.2) is 8.78 Å². The number of ether oxygens (including phenoxy) is 1. The Morgan fingerprint density at radius 3 is 2.86 bits per heavy atom. The second-order valence-corrected chi connectivity index (χ2v) is 7.12. The molecule has 4 nitrogen and oxygen atoms in total. The van der Waals surface area contributed by atoms with Crippen LogP contribution >= 0.6 is 0 Å². The molecule has 0 saturated carbocycles. The minimum atomic E-state index is -0.394. The lowest BCUT2D eigenvalue weighted by molar-refractivity contribution is 0.386. The van der Waals surface area contributed by atoms with Gasteiger partial charge in [0.15, 0.2) is 11.6 Å². The zero-order chi connectivity index (χ0) is 19.3. The van der Waals surface area contributed by atoms with Crippen molar-refractivity contribution in [1.29, 1.82) is 0 Å². The van der Waals surface area contributed by atoms with Crippen LogP contribution in [0.3, 0.4) is 0 Å². The van der Waals surface area contributed by atoms with Gasteiger partial charge in [-0.2, -0.15) is 0 Å². The van der Waals surface area contributed by atoms with Crippen molar-refractivity contribution in [3.63, 3.8) is 0 Å². The fourth-order valence-corrected chi connectivity index (χ4v) is 4.10.